The van der Waals surface area contributed by atoms with Gasteiger partial charge in [0.1, 0.15) is 0 Å². The molecule has 0 nitrogen and oxygen atoms in total. The fourth-order valence-corrected chi connectivity index (χ4v) is 7.58. The van der Waals surface area contributed by atoms with Gasteiger partial charge in [-0.2, -0.15) is 0 Å². The molecule has 4 aromatic carbocycles. The van der Waals surface area contributed by atoms with Gasteiger partial charge in [-0.3, -0.25) is 0 Å². The van der Waals surface area contributed by atoms with E-state index in [1.165, 1.54) is 77.4 Å². The van der Waals surface area contributed by atoms with Gasteiger partial charge < -0.3 is 24.8 Å². The Hall–Kier alpha value is -1.68. The molecule has 4 heteroatoms. The van der Waals surface area contributed by atoms with Crippen LogP contribution in [0.25, 0.3) is 22.3 Å². The smallest absolute Gasteiger partial charge is 0.0909 e. The van der Waals surface area contributed by atoms with Crippen LogP contribution in [0.5, 0.6) is 0 Å². The molecular weight excluding hydrogens is 637 g/mol. The Labute approximate surface area is 297 Å². The SMILES string of the molecule is CC(C)(C)c1ccc2c(c1)-c1cc(C(C)(C)C)cc([PH3+])c1C2.CC(C)(C)c1ccc2c(c1)-c1cc(C(C)(C)C)cc([PH3+])c1C2.[Cl-].[Cl-]. The summed E-state index contributed by atoms with van der Waals surface area (Å²) >= 11 is 0. The van der Waals surface area contributed by atoms with Crippen LogP contribution in [0.15, 0.2) is 60.7 Å². The van der Waals surface area contributed by atoms with E-state index >= 15 is 0 Å². The summed E-state index contributed by atoms with van der Waals surface area (Å²) in [5.41, 5.74) is 18.5. The third-order valence-electron chi connectivity index (χ3n) is 9.68. The lowest BCUT2D eigenvalue weighted by Crippen LogP contribution is -3.00. The molecule has 0 saturated heterocycles. The molecule has 0 aliphatic heterocycles. The second kappa shape index (κ2) is 13.3. The summed E-state index contributed by atoms with van der Waals surface area (Å²) in [6.07, 6.45) is 2.19. The number of hydrogen-bond donors (Lipinski definition) is 0. The van der Waals surface area contributed by atoms with Gasteiger partial charge in [0.05, 0.1) is 10.6 Å². The van der Waals surface area contributed by atoms with E-state index < -0.39 is 0 Å². The second-order valence-electron chi connectivity index (χ2n) is 17.4. The van der Waals surface area contributed by atoms with Crippen LogP contribution in [0, 0.1) is 0 Å². The molecule has 0 radical (unpaired) electrons. The van der Waals surface area contributed by atoms with Crippen LogP contribution in [0.1, 0.15) is 128 Å². The zero-order chi connectivity index (χ0) is 32.6. The molecule has 0 saturated carbocycles. The van der Waals surface area contributed by atoms with Gasteiger partial charge in [0.15, 0.2) is 0 Å². The van der Waals surface area contributed by atoms with Crippen molar-refractivity contribution in [2.75, 3.05) is 0 Å². The molecule has 0 aromatic heterocycles. The predicted molar refractivity (Wildman–Crippen MR) is 206 cm³/mol. The molecule has 0 heterocycles. The van der Waals surface area contributed by atoms with Crippen molar-refractivity contribution in [1.29, 1.82) is 0 Å². The Morgan fingerprint density at radius 1 is 0.391 bits per heavy atom. The fourth-order valence-electron chi connectivity index (χ4n) is 6.50. The highest BCUT2D eigenvalue weighted by Crippen LogP contribution is 2.42. The number of rotatable bonds is 0. The maximum atomic E-state index is 2.44. The fraction of sp³-hybridized carbons (Fsp3) is 0.429. The minimum atomic E-state index is 0. The quantitative estimate of drug-likeness (QED) is 0.210. The number of halogens is 2. The minimum absolute atomic E-state index is 0. The van der Waals surface area contributed by atoms with Crippen molar-refractivity contribution >= 4 is 29.1 Å². The van der Waals surface area contributed by atoms with E-state index in [0.717, 1.165) is 12.8 Å². The molecule has 248 valence electrons. The Balaban J connectivity index is 0.000000240. The first kappa shape index (κ1) is 38.8. The van der Waals surface area contributed by atoms with Crippen molar-refractivity contribution in [2.24, 2.45) is 0 Å². The van der Waals surface area contributed by atoms with Crippen LogP contribution < -0.4 is 35.4 Å². The summed E-state index contributed by atoms with van der Waals surface area (Å²) < 4.78 is 0. The van der Waals surface area contributed by atoms with Crippen LogP contribution in [-0.2, 0) is 34.5 Å². The van der Waals surface area contributed by atoms with E-state index in [9.17, 15) is 0 Å². The number of hydrogen-bond acceptors (Lipinski definition) is 0. The molecule has 0 amide bonds. The third-order valence-corrected chi connectivity index (χ3v) is 10.9. The first-order valence-corrected chi connectivity index (χ1v) is 17.8. The van der Waals surface area contributed by atoms with Gasteiger partial charge in [0.25, 0.3) is 0 Å². The van der Waals surface area contributed by atoms with Crippen LogP contribution in [0.3, 0.4) is 0 Å². The highest BCUT2D eigenvalue weighted by Gasteiger charge is 2.28. The first-order valence-electron chi connectivity index (χ1n) is 16.4. The summed E-state index contributed by atoms with van der Waals surface area (Å²) in [7, 11) is 4.08. The standard InChI is InChI=1S/2C21H27P.2ClH/c2*1-20(2,3)14-8-7-13-9-18-17(16(13)10-14)11-15(12-19(18)22)21(4,5)6;;/h2*7-8,10-12H,9,22H2,1-6H3;2*1H. The van der Waals surface area contributed by atoms with Crippen molar-refractivity contribution in [3.8, 4) is 22.3 Å². The molecule has 4 aromatic rings. The van der Waals surface area contributed by atoms with Gasteiger partial charge in [0.2, 0.25) is 0 Å². The van der Waals surface area contributed by atoms with Crippen LogP contribution >= 0.6 is 18.5 Å². The van der Waals surface area contributed by atoms with E-state index in [1.54, 1.807) is 0 Å². The van der Waals surface area contributed by atoms with Gasteiger partial charge in [-0.05, 0) is 89.4 Å². The molecule has 2 atom stereocenters. The monoisotopic (exact) mass is 692 g/mol. The molecule has 6 rings (SSSR count). The van der Waals surface area contributed by atoms with Crippen molar-refractivity contribution in [3.05, 3.63) is 105 Å². The highest BCUT2D eigenvalue weighted by atomic mass is 35.5. The summed E-state index contributed by atoms with van der Waals surface area (Å²) in [6, 6.07) is 23.8. The van der Waals surface area contributed by atoms with Gasteiger partial charge in [-0.1, -0.05) is 132 Å². The third kappa shape index (κ3) is 7.79. The van der Waals surface area contributed by atoms with Crippen molar-refractivity contribution in [2.45, 2.75) is 118 Å². The Morgan fingerprint density at radius 3 is 0.957 bits per heavy atom. The lowest BCUT2D eigenvalue weighted by Gasteiger charge is -2.21. The normalized spacial score (nSPS) is 13.5. The van der Waals surface area contributed by atoms with Crippen LogP contribution in [-0.4, -0.2) is 0 Å². The molecule has 2 aliphatic rings. The Kier molecular flexibility index (Phi) is 11.2. The molecule has 2 unspecified atom stereocenters. The average Bonchev–Trinajstić information content (AvgIpc) is 3.45. The molecular formula is C42H56Cl2P2. The maximum absolute atomic E-state index is 2.44. The van der Waals surface area contributed by atoms with E-state index in [2.05, 4.69) is 144 Å². The summed E-state index contributed by atoms with van der Waals surface area (Å²) in [6.45, 7) is 27.6. The zero-order valence-electron chi connectivity index (χ0n) is 30.4. The summed E-state index contributed by atoms with van der Waals surface area (Å²) in [5.74, 6) is 0. The highest BCUT2D eigenvalue weighted by molar-refractivity contribution is 7.27. The Bertz CT molecular complexity index is 1620. The molecule has 0 N–H and O–H groups in total. The number of benzene rings is 4. The van der Waals surface area contributed by atoms with E-state index in [4.69, 9.17) is 0 Å². The molecule has 0 spiro atoms. The summed E-state index contributed by atoms with van der Waals surface area (Å²) in [4.78, 5) is 0. The van der Waals surface area contributed by atoms with Crippen molar-refractivity contribution in [1.82, 2.24) is 0 Å². The van der Waals surface area contributed by atoms with E-state index in [-0.39, 0.29) is 46.5 Å². The van der Waals surface area contributed by atoms with Gasteiger partial charge in [-0.25, -0.2) is 0 Å². The van der Waals surface area contributed by atoms with Crippen molar-refractivity contribution < 1.29 is 24.8 Å². The predicted octanol–water partition coefficient (Wildman–Crippen LogP) is 4.18. The summed E-state index contributed by atoms with van der Waals surface area (Å²) in [5, 5.41) is 2.94. The topological polar surface area (TPSA) is 0 Å². The van der Waals surface area contributed by atoms with Gasteiger partial charge in [0, 0.05) is 42.4 Å². The van der Waals surface area contributed by atoms with Crippen molar-refractivity contribution in [3.63, 3.8) is 0 Å². The molecule has 2 aliphatic carbocycles. The van der Waals surface area contributed by atoms with E-state index in [1.807, 2.05) is 18.5 Å². The maximum Gasteiger partial charge on any atom is 0.0909 e. The van der Waals surface area contributed by atoms with Gasteiger partial charge >= 0.3 is 0 Å². The van der Waals surface area contributed by atoms with Crippen LogP contribution in [0.2, 0.25) is 0 Å². The average molecular weight is 694 g/mol. The number of fused-ring (bicyclic) bond motifs is 6. The minimum Gasteiger partial charge on any atom is -1.00 e. The van der Waals surface area contributed by atoms with Gasteiger partial charge in [-0.15, -0.1) is 0 Å². The Morgan fingerprint density at radius 2 is 0.674 bits per heavy atom. The van der Waals surface area contributed by atoms with Crippen LogP contribution in [0.4, 0.5) is 0 Å². The van der Waals surface area contributed by atoms with E-state index in [0.29, 0.717) is 0 Å². The molecule has 0 bridgehead atoms. The largest absolute Gasteiger partial charge is 1.00 e. The lowest BCUT2D eigenvalue weighted by molar-refractivity contribution is -0.001000. The lowest BCUT2D eigenvalue weighted by atomic mass is 9.83. The molecule has 0 fully saturated rings. The first-order chi connectivity index (χ1) is 20.1. The molecule has 46 heavy (non-hydrogen) atoms. The zero-order valence-corrected chi connectivity index (χ0v) is 34.7. The second-order valence-corrected chi connectivity index (χ2v) is 18.9.